The van der Waals surface area contributed by atoms with Gasteiger partial charge in [-0.2, -0.15) is 0 Å². The lowest BCUT2D eigenvalue weighted by atomic mass is 10.1. The predicted molar refractivity (Wildman–Crippen MR) is 103 cm³/mol. The molecule has 1 heterocycles. The van der Waals surface area contributed by atoms with Crippen molar-refractivity contribution >= 4 is 27.0 Å². The zero-order valence-electron chi connectivity index (χ0n) is 16.0. The quantitative estimate of drug-likeness (QED) is 0.613. The molecule has 3 rings (SSSR count). The van der Waals surface area contributed by atoms with E-state index in [-0.39, 0.29) is 23.4 Å². The highest BCUT2D eigenvalue weighted by Crippen LogP contribution is 2.19. The summed E-state index contributed by atoms with van der Waals surface area (Å²) in [5.74, 6) is -0.785. The first kappa shape index (κ1) is 20.7. The Labute approximate surface area is 167 Å². The lowest BCUT2D eigenvalue weighted by molar-refractivity contribution is -0.127. The van der Waals surface area contributed by atoms with Gasteiger partial charge in [-0.25, -0.2) is 17.1 Å². The molecule has 1 N–H and O–H groups in total. The van der Waals surface area contributed by atoms with Crippen LogP contribution in [0.3, 0.4) is 0 Å². The third-order valence-electron chi connectivity index (χ3n) is 4.23. The van der Waals surface area contributed by atoms with Gasteiger partial charge in [0.15, 0.2) is 6.61 Å². The number of nitrogens with zero attached hydrogens (tertiary/aromatic N) is 4. The Hall–Kier alpha value is -3.05. The summed E-state index contributed by atoms with van der Waals surface area (Å²) in [6.07, 6.45) is 0. The van der Waals surface area contributed by atoms with Crippen molar-refractivity contribution in [2.75, 3.05) is 20.7 Å². The standard InChI is InChI=1S/C18H20FN5O4S/c1-12(13-4-6-14(19)7-5-13)20-18(25)11-28-24-17-10-15(29(26,27)23(2)3)8-9-16(17)21-22-24/h4-10,12H,11H2,1-3H3,(H,20,25)/t12-/m0/s1. The minimum atomic E-state index is -3.64. The highest BCUT2D eigenvalue weighted by atomic mass is 32.2. The summed E-state index contributed by atoms with van der Waals surface area (Å²) >= 11 is 0. The third kappa shape index (κ3) is 4.51. The molecule has 29 heavy (non-hydrogen) atoms. The molecule has 0 saturated carbocycles. The number of carbonyl (C=O) groups excluding carboxylic acids is 1. The van der Waals surface area contributed by atoms with Crippen LogP contribution in [0.2, 0.25) is 0 Å². The van der Waals surface area contributed by atoms with Gasteiger partial charge in [-0.3, -0.25) is 4.79 Å². The van der Waals surface area contributed by atoms with Crippen LogP contribution in [0.1, 0.15) is 18.5 Å². The van der Waals surface area contributed by atoms with Crippen LogP contribution in [0.25, 0.3) is 11.0 Å². The fourth-order valence-electron chi connectivity index (χ4n) is 2.58. The first-order valence-corrected chi connectivity index (χ1v) is 10.1. The maximum Gasteiger partial charge on any atom is 0.261 e. The normalized spacial score (nSPS) is 12.9. The number of benzene rings is 2. The lowest BCUT2D eigenvalue weighted by Crippen LogP contribution is -2.33. The molecule has 1 aromatic heterocycles. The van der Waals surface area contributed by atoms with Crippen LogP contribution in [-0.4, -0.2) is 54.5 Å². The van der Waals surface area contributed by atoms with Crippen molar-refractivity contribution in [2.24, 2.45) is 0 Å². The van der Waals surface area contributed by atoms with Crippen LogP contribution >= 0.6 is 0 Å². The molecule has 1 atom stereocenters. The van der Waals surface area contributed by atoms with E-state index in [9.17, 15) is 17.6 Å². The van der Waals surface area contributed by atoms with Crippen molar-refractivity contribution in [3.8, 4) is 0 Å². The fourth-order valence-corrected chi connectivity index (χ4v) is 3.50. The Kier molecular flexibility index (Phi) is 5.80. The van der Waals surface area contributed by atoms with Gasteiger partial charge in [-0.05, 0) is 48.0 Å². The summed E-state index contributed by atoms with van der Waals surface area (Å²) in [6, 6.07) is 9.76. The highest BCUT2D eigenvalue weighted by Gasteiger charge is 2.19. The van der Waals surface area contributed by atoms with Gasteiger partial charge >= 0.3 is 0 Å². The van der Waals surface area contributed by atoms with Crippen LogP contribution in [0.4, 0.5) is 4.39 Å². The Morgan fingerprint density at radius 2 is 1.93 bits per heavy atom. The number of carbonyl (C=O) groups is 1. The molecule has 0 fully saturated rings. The van der Waals surface area contributed by atoms with Crippen molar-refractivity contribution in [1.29, 1.82) is 0 Å². The highest BCUT2D eigenvalue weighted by molar-refractivity contribution is 7.89. The SMILES string of the molecule is C[C@H](NC(=O)COn1nnc2ccc(S(=O)(=O)N(C)C)cc21)c1ccc(F)cc1. The van der Waals surface area contributed by atoms with Crippen LogP contribution in [-0.2, 0) is 14.8 Å². The van der Waals surface area contributed by atoms with E-state index in [4.69, 9.17) is 4.84 Å². The molecule has 154 valence electrons. The largest absolute Gasteiger partial charge is 0.385 e. The van der Waals surface area contributed by atoms with E-state index >= 15 is 0 Å². The number of nitrogens with one attached hydrogen (secondary N) is 1. The number of aromatic nitrogens is 3. The summed E-state index contributed by atoms with van der Waals surface area (Å²) in [7, 11) is -0.783. The van der Waals surface area contributed by atoms with E-state index in [1.54, 1.807) is 19.1 Å². The van der Waals surface area contributed by atoms with Crippen molar-refractivity contribution in [3.63, 3.8) is 0 Å². The Balaban J connectivity index is 1.70. The molecule has 0 aliphatic carbocycles. The molecule has 0 spiro atoms. The Bertz CT molecular complexity index is 1130. The minimum Gasteiger partial charge on any atom is -0.385 e. The topological polar surface area (TPSA) is 106 Å². The molecule has 0 radical (unpaired) electrons. The van der Waals surface area contributed by atoms with Gasteiger partial charge in [0.1, 0.15) is 16.9 Å². The summed E-state index contributed by atoms with van der Waals surface area (Å²) in [5, 5.41) is 10.4. The van der Waals surface area contributed by atoms with E-state index in [1.165, 1.54) is 44.4 Å². The summed E-state index contributed by atoms with van der Waals surface area (Å²) in [6.45, 7) is 1.39. The van der Waals surface area contributed by atoms with Gasteiger partial charge in [0.05, 0.1) is 10.9 Å². The number of rotatable bonds is 7. The van der Waals surface area contributed by atoms with Crippen molar-refractivity contribution < 1.29 is 22.4 Å². The van der Waals surface area contributed by atoms with Gasteiger partial charge in [0.2, 0.25) is 10.0 Å². The molecule has 0 bridgehead atoms. The van der Waals surface area contributed by atoms with Crippen molar-refractivity contribution in [1.82, 2.24) is 24.8 Å². The van der Waals surface area contributed by atoms with Gasteiger partial charge in [0.25, 0.3) is 5.91 Å². The molecule has 11 heteroatoms. The van der Waals surface area contributed by atoms with Gasteiger partial charge < -0.3 is 10.2 Å². The van der Waals surface area contributed by atoms with Gasteiger partial charge in [0, 0.05) is 14.1 Å². The average molecular weight is 421 g/mol. The maximum atomic E-state index is 13.0. The molecule has 9 nitrogen and oxygen atoms in total. The first-order valence-electron chi connectivity index (χ1n) is 8.64. The van der Waals surface area contributed by atoms with Crippen LogP contribution in [0.5, 0.6) is 0 Å². The molecule has 0 aliphatic heterocycles. The molecule has 2 aromatic carbocycles. The summed E-state index contributed by atoms with van der Waals surface area (Å²) < 4.78 is 38.7. The van der Waals surface area contributed by atoms with Crippen molar-refractivity contribution in [2.45, 2.75) is 17.9 Å². The Morgan fingerprint density at radius 1 is 1.24 bits per heavy atom. The van der Waals surface area contributed by atoms with Crippen molar-refractivity contribution in [3.05, 3.63) is 53.8 Å². The van der Waals surface area contributed by atoms with Gasteiger partial charge in [-0.15, -0.1) is 5.10 Å². The molecular weight excluding hydrogens is 401 g/mol. The molecular formula is C18H20FN5O4S. The smallest absolute Gasteiger partial charge is 0.261 e. The lowest BCUT2D eigenvalue weighted by Gasteiger charge is -2.14. The maximum absolute atomic E-state index is 13.0. The molecule has 0 aliphatic rings. The van der Waals surface area contributed by atoms with Gasteiger partial charge in [-0.1, -0.05) is 17.0 Å². The second kappa shape index (κ2) is 8.13. The number of fused-ring (bicyclic) bond motifs is 1. The van der Waals surface area contributed by atoms with E-state index < -0.39 is 15.9 Å². The average Bonchev–Trinajstić information content (AvgIpc) is 3.09. The zero-order chi connectivity index (χ0) is 21.2. The third-order valence-corrected chi connectivity index (χ3v) is 6.04. The van der Waals surface area contributed by atoms with E-state index in [0.717, 1.165) is 14.7 Å². The summed E-state index contributed by atoms with van der Waals surface area (Å²) in [5.41, 5.74) is 1.47. The fraction of sp³-hybridized carbons (Fsp3) is 0.278. The molecule has 0 unspecified atom stereocenters. The van der Waals surface area contributed by atoms with Crippen LogP contribution in [0.15, 0.2) is 47.4 Å². The monoisotopic (exact) mass is 421 g/mol. The zero-order valence-corrected chi connectivity index (χ0v) is 16.9. The predicted octanol–water partition coefficient (Wildman–Crippen LogP) is 1.13. The number of hydrogen-bond acceptors (Lipinski definition) is 6. The van der Waals surface area contributed by atoms with Crippen LogP contribution < -0.4 is 10.2 Å². The molecule has 0 saturated heterocycles. The number of hydrogen-bond donors (Lipinski definition) is 1. The second-order valence-electron chi connectivity index (χ2n) is 6.51. The summed E-state index contributed by atoms with van der Waals surface area (Å²) in [4.78, 5) is 18.6. The number of sulfonamides is 1. The first-order chi connectivity index (χ1) is 13.7. The molecule has 3 aromatic rings. The van der Waals surface area contributed by atoms with Crippen LogP contribution in [0, 0.1) is 5.82 Å². The molecule has 1 amide bonds. The van der Waals surface area contributed by atoms with E-state index in [2.05, 4.69) is 15.6 Å². The number of amides is 1. The second-order valence-corrected chi connectivity index (χ2v) is 8.67. The number of halogens is 1. The van der Waals surface area contributed by atoms with E-state index in [1.807, 2.05) is 0 Å². The Morgan fingerprint density at radius 3 is 2.59 bits per heavy atom. The minimum absolute atomic E-state index is 0.0523. The van der Waals surface area contributed by atoms with E-state index in [0.29, 0.717) is 11.0 Å².